The van der Waals surface area contributed by atoms with E-state index in [0.717, 1.165) is 25.1 Å². The zero-order valence-electron chi connectivity index (χ0n) is 12.3. The van der Waals surface area contributed by atoms with E-state index in [9.17, 15) is 5.11 Å². The van der Waals surface area contributed by atoms with Crippen LogP contribution in [0, 0.1) is 0 Å². The molecule has 0 saturated heterocycles. The third-order valence-electron chi connectivity index (χ3n) is 3.16. The van der Waals surface area contributed by atoms with Crippen LogP contribution in [0.3, 0.4) is 0 Å². The zero-order valence-corrected chi connectivity index (χ0v) is 12.3. The van der Waals surface area contributed by atoms with Crippen molar-refractivity contribution in [3.63, 3.8) is 0 Å². The van der Waals surface area contributed by atoms with Gasteiger partial charge in [0.1, 0.15) is 17.5 Å². The van der Waals surface area contributed by atoms with Crippen LogP contribution in [0.2, 0.25) is 0 Å². The molecule has 5 heteroatoms. The molecular weight excluding hydrogens is 264 g/mol. The number of nitrogens with two attached hydrogens (primary N) is 1. The molecule has 0 amide bonds. The van der Waals surface area contributed by atoms with Crippen LogP contribution >= 0.6 is 0 Å². The summed E-state index contributed by atoms with van der Waals surface area (Å²) in [4.78, 5) is 8.64. The first-order valence-corrected chi connectivity index (χ1v) is 7.26. The standard InChI is InChI=1S/C16H22N4O/c1-2-6-15-19-14(17)10-16(20-15)18-13(11-21)9-12-7-4-3-5-8-12/h3-5,7-8,10,13,21H,2,6,9,11H2,1H3,(H3,17,18,19,20). The number of aliphatic hydroxyl groups is 1. The summed E-state index contributed by atoms with van der Waals surface area (Å²) < 4.78 is 0. The van der Waals surface area contributed by atoms with Gasteiger partial charge in [0.05, 0.1) is 12.6 Å². The highest BCUT2D eigenvalue weighted by Gasteiger charge is 2.10. The highest BCUT2D eigenvalue weighted by Crippen LogP contribution is 2.13. The van der Waals surface area contributed by atoms with Crippen molar-refractivity contribution in [3.8, 4) is 0 Å². The number of rotatable bonds is 7. The second-order valence-corrected chi connectivity index (χ2v) is 5.06. The minimum atomic E-state index is -0.101. The van der Waals surface area contributed by atoms with Crippen LogP contribution in [0.5, 0.6) is 0 Å². The van der Waals surface area contributed by atoms with Gasteiger partial charge in [0, 0.05) is 12.5 Å². The lowest BCUT2D eigenvalue weighted by Gasteiger charge is -2.17. The summed E-state index contributed by atoms with van der Waals surface area (Å²) >= 11 is 0. The number of aryl methyl sites for hydroxylation is 1. The van der Waals surface area contributed by atoms with Crippen LogP contribution in [0.4, 0.5) is 11.6 Å². The van der Waals surface area contributed by atoms with Gasteiger partial charge in [-0.2, -0.15) is 0 Å². The first-order valence-electron chi connectivity index (χ1n) is 7.26. The topological polar surface area (TPSA) is 84.1 Å². The Balaban J connectivity index is 2.07. The molecule has 112 valence electrons. The average molecular weight is 286 g/mol. The van der Waals surface area contributed by atoms with Crippen molar-refractivity contribution in [2.24, 2.45) is 0 Å². The predicted octanol–water partition coefficient (Wildman–Crippen LogP) is 2.03. The molecule has 5 nitrogen and oxygen atoms in total. The van der Waals surface area contributed by atoms with Gasteiger partial charge in [0.2, 0.25) is 0 Å². The van der Waals surface area contributed by atoms with Gasteiger partial charge >= 0.3 is 0 Å². The summed E-state index contributed by atoms with van der Waals surface area (Å²) in [6, 6.07) is 11.6. The van der Waals surface area contributed by atoms with E-state index in [4.69, 9.17) is 5.73 Å². The van der Waals surface area contributed by atoms with Gasteiger partial charge in [-0.3, -0.25) is 0 Å². The Morgan fingerprint density at radius 3 is 2.67 bits per heavy atom. The molecule has 1 atom stereocenters. The van der Waals surface area contributed by atoms with Crippen LogP contribution in [-0.4, -0.2) is 27.7 Å². The fraction of sp³-hybridized carbons (Fsp3) is 0.375. The second kappa shape index (κ2) is 7.59. The minimum Gasteiger partial charge on any atom is -0.394 e. The molecule has 21 heavy (non-hydrogen) atoms. The maximum absolute atomic E-state index is 9.55. The number of hydrogen-bond donors (Lipinski definition) is 3. The third-order valence-corrected chi connectivity index (χ3v) is 3.16. The van der Waals surface area contributed by atoms with E-state index in [-0.39, 0.29) is 12.6 Å². The number of aliphatic hydroxyl groups excluding tert-OH is 1. The molecule has 2 aromatic rings. The molecule has 0 radical (unpaired) electrons. The number of nitrogen functional groups attached to an aromatic ring is 1. The largest absolute Gasteiger partial charge is 0.394 e. The van der Waals surface area contributed by atoms with Gasteiger partial charge < -0.3 is 16.2 Å². The first-order chi connectivity index (χ1) is 10.2. The molecule has 0 aliphatic heterocycles. The molecule has 0 spiro atoms. The lowest BCUT2D eigenvalue weighted by Crippen LogP contribution is -2.27. The maximum atomic E-state index is 9.55. The Bertz CT molecular complexity index is 559. The SMILES string of the molecule is CCCc1nc(N)cc(NC(CO)Cc2ccccc2)n1. The summed E-state index contributed by atoms with van der Waals surface area (Å²) in [7, 11) is 0. The lowest BCUT2D eigenvalue weighted by atomic mass is 10.1. The number of hydrogen-bond acceptors (Lipinski definition) is 5. The smallest absolute Gasteiger partial charge is 0.133 e. The summed E-state index contributed by atoms with van der Waals surface area (Å²) in [6.45, 7) is 2.10. The summed E-state index contributed by atoms with van der Waals surface area (Å²) in [5.74, 6) is 1.85. The van der Waals surface area contributed by atoms with Crippen LogP contribution in [0.1, 0.15) is 24.7 Å². The minimum absolute atomic E-state index is 0.0297. The van der Waals surface area contributed by atoms with E-state index < -0.39 is 0 Å². The fourth-order valence-electron chi connectivity index (χ4n) is 2.20. The highest BCUT2D eigenvalue weighted by molar-refractivity contribution is 5.45. The quantitative estimate of drug-likeness (QED) is 0.725. The van der Waals surface area contributed by atoms with Crippen molar-refractivity contribution in [1.29, 1.82) is 0 Å². The van der Waals surface area contributed by atoms with E-state index >= 15 is 0 Å². The molecule has 1 aromatic heterocycles. The Morgan fingerprint density at radius 1 is 1.24 bits per heavy atom. The van der Waals surface area contributed by atoms with Crippen molar-refractivity contribution in [2.45, 2.75) is 32.2 Å². The van der Waals surface area contributed by atoms with Gasteiger partial charge in [-0.05, 0) is 18.4 Å². The molecule has 0 aliphatic rings. The van der Waals surface area contributed by atoms with Gasteiger partial charge in [0.25, 0.3) is 0 Å². The second-order valence-electron chi connectivity index (χ2n) is 5.06. The molecule has 2 rings (SSSR count). The van der Waals surface area contributed by atoms with Crippen molar-refractivity contribution >= 4 is 11.6 Å². The first kappa shape index (κ1) is 15.3. The van der Waals surface area contributed by atoms with E-state index in [2.05, 4.69) is 22.2 Å². The number of anilines is 2. The highest BCUT2D eigenvalue weighted by atomic mass is 16.3. The van der Waals surface area contributed by atoms with Crippen molar-refractivity contribution in [1.82, 2.24) is 9.97 Å². The van der Waals surface area contributed by atoms with Crippen molar-refractivity contribution in [3.05, 3.63) is 47.8 Å². The summed E-state index contributed by atoms with van der Waals surface area (Å²) in [5.41, 5.74) is 6.97. The van der Waals surface area contributed by atoms with E-state index in [1.165, 1.54) is 5.56 Å². The normalized spacial score (nSPS) is 12.1. The Hall–Kier alpha value is -2.14. The van der Waals surface area contributed by atoms with Gasteiger partial charge in [-0.15, -0.1) is 0 Å². The number of nitrogens with zero attached hydrogens (tertiary/aromatic N) is 2. The molecule has 0 aliphatic carbocycles. The maximum Gasteiger partial charge on any atom is 0.133 e. The lowest BCUT2D eigenvalue weighted by molar-refractivity contribution is 0.273. The van der Waals surface area contributed by atoms with Gasteiger partial charge in [0.15, 0.2) is 0 Å². The molecular formula is C16H22N4O. The Morgan fingerprint density at radius 2 is 2.00 bits per heavy atom. The van der Waals surface area contributed by atoms with Crippen LogP contribution in [0.15, 0.2) is 36.4 Å². The molecule has 0 bridgehead atoms. The number of aromatic nitrogens is 2. The van der Waals surface area contributed by atoms with E-state index in [1.54, 1.807) is 6.07 Å². The number of nitrogens with one attached hydrogen (secondary N) is 1. The van der Waals surface area contributed by atoms with E-state index in [0.29, 0.717) is 11.6 Å². The molecule has 0 fully saturated rings. The Labute approximate surface area is 125 Å². The summed E-state index contributed by atoms with van der Waals surface area (Å²) in [5, 5.41) is 12.8. The predicted molar refractivity (Wildman–Crippen MR) is 85.1 cm³/mol. The third kappa shape index (κ3) is 4.72. The average Bonchev–Trinajstić information content (AvgIpc) is 2.47. The molecule has 1 unspecified atom stereocenters. The Kier molecular flexibility index (Phi) is 5.51. The van der Waals surface area contributed by atoms with Crippen molar-refractivity contribution in [2.75, 3.05) is 17.7 Å². The van der Waals surface area contributed by atoms with Crippen LogP contribution in [0.25, 0.3) is 0 Å². The van der Waals surface area contributed by atoms with Gasteiger partial charge in [-0.1, -0.05) is 37.3 Å². The monoisotopic (exact) mass is 286 g/mol. The van der Waals surface area contributed by atoms with Crippen LogP contribution in [-0.2, 0) is 12.8 Å². The fourth-order valence-corrected chi connectivity index (χ4v) is 2.20. The molecule has 1 heterocycles. The number of benzene rings is 1. The van der Waals surface area contributed by atoms with Gasteiger partial charge in [-0.25, -0.2) is 9.97 Å². The van der Waals surface area contributed by atoms with E-state index in [1.807, 2.05) is 30.3 Å². The zero-order chi connectivity index (χ0) is 15.1. The van der Waals surface area contributed by atoms with Crippen molar-refractivity contribution < 1.29 is 5.11 Å². The van der Waals surface area contributed by atoms with Crippen LogP contribution < -0.4 is 11.1 Å². The summed E-state index contributed by atoms with van der Waals surface area (Å²) in [6.07, 6.45) is 2.49. The molecule has 4 N–H and O–H groups in total. The molecule has 0 saturated carbocycles. The molecule has 1 aromatic carbocycles.